The number of hydrogen-bond donors (Lipinski definition) is 0. The lowest BCUT2D eigenvalue weighted by atomic mass is 10.0. The molecular formula is C24H27N3O. The van der Waals surface area contributed by atoms with E-state index in [1.165, 1.54) is 16.8 Å². The van der Waals surface area contributed by atoms with Crippen LogP contribution < -0.4 is 4.90 Å². The van der Waals surface area contributed by atoms with Gasteiger partial charge in [-0.05, 0) is 36.8 Å². The van der Waals surface area contributed by atoms with Crippen molar-refractivity contribution in [1.82, 2.24) is 9.47 Å². The summed E-state index contributed by atoms with van der Waals surface area (Å²) < 4.78 is 2.15. The minimum Gasteiger partial charge on any atom is -0.368 e. The molecule has 144 valence electrons. The van der Waals surface area contributed by atoms with E-state index in [0.717, 1.165) is 26.2 Å². The average Bonchev–Trinajstić information content (AvgIpc) is 3.27. The van der Waals surface area contributed by atoms with E-state index >= 15 is 0 Å². The highest BCUT2D eigenvalue weighted by Crippen LogP contribution is 2.25. The van der Waals surface area contributed by atoms with E-state index in [-0.39, 0.29) is 11.9 Å². The van der Waals surface area contributed by atoms with Gasteiger partial charge in [0.15, 0.2) is 0 Å². The summed E-state index contributed by atoms with van der Waals surface area (Å²) in [4.78, 5) is 17.5. The largest absolute Gasteiger partial charge is 0.368 e. The Morgan fingerprint density at radius 2 is 1.61 bits per heavy atom. The zero-order valence-corrected chi connectivity index (χ0v) is 16.4. The fourth-order valence-electron chi connectivity index (χ4n) is 3.98. The number of aromatic nitrogens is 1. The molecule has 1 aromatic heterocycles. The smallest absolute Gasteiger partial charge is 0.225 e. The van der Waals surface area contributed by atoms with Crippen LogP contribution in [0.3, 0.4) is 0 Å². The van der Waals surface area contributed by atoms with Gasteiger partial charge in [0.05, 0.1) is 12.5 Å². The molecule has 1 aliphatic rings. The van der Waals surface area contributed by atoms with Gasteiger partial charge in [0.1, 0.15) is 0 Å². The standard InChI is InChI=1S/C24H27N3O/c1-20-8-7-9-21(18-20)23(26-12-5-6-13-26)19-24(28)27-16-14-25(15-17-27)22-10-3-2-4-11-22/h2-13,18,23H,14-17,19H2,1H3. The van der Waals surface area contributed by atoms with E-state index in [9.17, 15) is 4.79 Å². The van der Waals surface area contributed by atoms with Crippen LogP contribution in [-0.4, -0.2) is 41.6 Å². The zero-order valence-electron chi connectivity index (χ0n) is 16.4. The first-order valence-corrected chi connectivity index (χ1v) is 9.97. The third-order valence-corrected chi connectivity index (χ3v) is 5.54. The lowest BCUT2D eigenvalue weighted by Gasteiger charge is -2.36. The van der Waals surface area contributed by atoms with Gasteiger partial charge in [-0.15, -0.1) is 0 Å². The molecule has 3 aromatic rings. The molecule has 0 bridgehead atoms. The van der Waals surface area contributed by atoms with Crippen LogP contribution in [0.5, 0.6) is 0 Å². The summed E-state index contributed by atoms with van der Waals surface area (Å²) in [5.74, 6) is 0.230. The van der Waals surface area contributed by atoms with Crippen molar-refractivity contribution in [2.75, 3.05) is 31.1 Å². The molecule has 0 saturated carbocycles. The Kier molecular flexibility index (Phi) is 5.47. The van der Waals surface area contributed by atoms with Gasteiger partial charge in [-0.25, -0.2) is 0 Å². The van der Waals surface area contributed by atoms with E-state index in [1.54, 1.807) is 0 Å². The van der Waals surface area contributed by atoms with Gasteiger partial charge in [-0.1, -0.05) is 48.0 Å². The molecule has 1 amide bonds. The van der Waals surface area contributed by atoms with E-state index < -0.39 is 0 Å². The summed E-state index contributed by atoms with van der Waals surface area (Å²) in [7, 11) is 0. The maximum Gasteiger partial charge on any atom is 0.225 e. The van der Waals surface area contributed by atoms with Crippen molar-refractivity contribution < 1.29 is 4.79 Å². The minimum atomic E-state index is 0.0366. The fourth-order valence-corrected chi connectivity index (χ4v) is 3.98. The van der Waals surface area contributed by atoms with Gasteiger partial charge in [0.2, 0.25) is 5.91 Å². The van der Waals surface area contributed by atoms with Gasteiger partial charge in [-0.2, -0.15) is 0 Å². The summed E-state index contributed by atoms with van der Waals surface area (Å²) in [6.45, 7) is 5.42. The quantitative estimate of drug-likeness (QED) is 0.673. The van der Waals surface area contributed by atoms with Crippen LogP contribution in [0.25, 0.3) is 0 Å². The number of nitrogens with zero attached hydrogens (tertiary/aromatic N) is 3. The zero-order chi connectivity index (χ0) is 19.3. The van der Waals surface area contributed by atoms with Gasteiger partial charge in [0, 0.05) is 44.3 Å². The molecular weight excluding hydrogens is 346 g/mol. The Morgan fingerprint density at radius 1 is 0.893 bits per heavy atom. The molecule has 0 spiro atoms. The van der Waals surface area contributed by atoms with Crippen molar-refractivity contribution in [3.63, 3.8) is 0 Å². The molecule has 4 heteroatoms. The van der Waals surface area contributed by atoms with Gasteiger partial charge >= 0.3 is 0 Å². The van der Waals surface area contributed by atoms with Gasteiger partial charge in [0.25, 0.3) is 0 Å². The molecule has 2 heterocycles. The van der Waals surface area contributed by atoms with Crippen molar-refractivity contribution in [1.29, 1.82) is 0 Å². The summed E-state index contributed by atoms with van der Waals surface area (Å²) in [6, 6.07) is 23.0. The Bertz CT molecular complexity index is 897. The third kappa shape index (κ3) is 4.11. The van der Waals surface area contributed by atoms with Crippen LogP contribution >= 0.6 is 0 Å². The molecule has 4 rings (SSSR count). The van der Waals surface area contributed by atoms with Crippen LogP contribution in [0.4, 0.5) is 5.69 Å². The van der Waals surface area contributed by atoms with Crippen LogP contribution in [-0.2, 0) is 4.79 Å². The lowest BCUT2D eigenvalue weighted by Crippen LogP contribution is -2.49. The second kappa shape index (κ2) is 8.34. The second-order valence-electron chi connectivity index (χ2n) is 7.47. The number of benzene rings is 2. The van der Waals surface area contributed by atoms with E-state index in [1.807, 2.05) is 35.5 Å². The third-order valence-electron chi connectivity index (χ3n) is 5.54. The molecule has 0 aliphatic carbocycles. The van der Waals surface area contributed by atoms with Crippen molar-refractivity contribution in [2.45, 2.75) is 19.4 Å². The molecule has 1 atom stereocenters. The molecule has 1 fully saturated rings. The number of amides is 1. The number of rotatable bonds is 5. The molecule has 1 saturated heterocycles. The first-order valence-electron chi connectivity index (χ1n) is 9.97. The highest BCUT2D eigenvalue weighted by atomic mass is 16.2. The minimum absolute atomic E-state index is 0.0366. The highest BCUT2D eigenvalue weighted by molar-refractivity contribution is 5.77. The van der Waals surface area contributed by atoms with Crippen LogP contribution in [0, 0.1) is 6.92 Å². The predicted molar refractivity (Wildman–Crippen MR) is 114 cm³/mol. The molecule has 0 radical (unpaired) electrons. The molecule has 2 aromatic carbocycles. The number of piperazine rings is 1. The van der Waals surface area contributed by atoms with Crippen LogP contribution in [0.2, 0.25) is 0 Å². The highest BCUT2D eigenvalue weighted by Gasteiger charge is 2.25. The fraction of sp³-hybridized carbons (Fsp3) is 0.292. The first kappa shape index (κ1) is 18.4. The molecule has 1 unspecified atom stereocenters. The summed E-state index contributed by atoms with van der Waals surface area (Å²) in [5.41, 5.74) is 3.64. The second-order valence-corrected chi connectivity index (χ2v) is 7.47. The number of carbonyl (C=O) groups excluding carboxylic acids is 1. The van der Waals surface area contributed by atoms with E-state index in [4.69, 9.17) is 0 Å². The number of carbonyl (C=O) groups is 1. The normalized spacial score (nSPS) is 15.5. The summed E-state index contributed by atoms with van der Waals surface area (Å²) in [5, 5.41) is 0. The maximum atomic E-state index is 13.1. The SMILES string of the molecule is Cc1cccc(C(CC(=O)N2CCN(c3ccccc3)CC2)n2cccc2)c1. The van der Waals surface area contributed by atoms with Crippen molar-refractivity contribution >= 4 is 11.6 Å². The van der Waals surface area contributed by atoms with E-state index in [0.29, 0.717) is 6.42 Å². The van der Waals surface area contributed by atoms with Crippen molar-refractivity contribution in [3.8, 4) is 0 Å². The number of hydrogen-bond acceptors (Lipinski definition) is 2. The predicted octanol–water partition coefficient (Wildman–Crippen LogP) is 4.12. The summed E-state index contributed by atoms with van der Waals surface area (Å²) >= 11 is 0. The Hall–Kier alpha value is -3.01. The number of aryl methyl sites for hydroxylation is 1. The number of anilines is 1. The first-order chi connectivity index (χ1) is 13.7. The molecule has 0 N–H and O–H groups in total. The maximum absolute atomic E-state index is 13.1. The number of para-hydroxylation sites is 1. The molecule has 1 aliphatic heterocycles. The average molecular weight is 374 g/mol. The van der Waals surface area contributed by atoms with Crippen LogP contribution in [0.15, 0.2) is 79.1 Å². The lowest BCUT2D eigenvalue weighted by molar-refractivity contribution is -0.132. The topological polar surface area (TPSA) is 28.5 Å². The van der Waals surface area contributed by atoms with Gasteiger partial charge < -0.3 is 14.4 Å². The van der Waals surface area contributed by atoms with E-state index in [2.05, 4.69) is 64.9 Å². The van der Waals surface area contributed by atoms with Crippen molar-refractivity contribution in [2.24, 2.45) is 0 Å². The Balaban J connectivity index is 1.44. The Morgan fingerprint density at radius 3 is 2.29 bits per heavy atom. The van der Waals surface area contributed by atoms with Gasteiger partial charge in [-0.3, -0.25) is 4.79 Å². The Labute approximate surface area is 167 Å². The van der Waals surface area contributed by atoms with Crippen LogP contribution in [0.1, 0.15) is 23.6 Å². The van der Waals surface area contributed by atoms with Crippen molar-refractivity contribution in [3.05, 3.63) is 90.3 Å². The molecule has 4 nitrogen and oxygen atoms in total. The monoisotopic (exact) mass is 373 g/mol. The summed E-state index contributed by atoms with van der Waals surface area (Å²) in [6.07, 6.45) is 4.59. The molecule has 28 heavy (non-hydrogen) atoms.